The molecule has 2 rings (SSSR count). The second kappa shape index (κ2) is 13.1. The molecule has 1 aromatic rings. The number of amides is 3. The summed E-state index contributed by atoms with van der Waals surface area (Å²) in [6.07, 6.45) is 8.84. The Bertz CT molecular complexity index is 621. The standard InChI is InChI=1S/C20H32N4O3.ClH/c1-27-18-12-11-16(14-17(18)21)23-19(25)10-6-3-7-13-22-20(26)24-15-8-4-2-5-9-15;/h11-12,14-15H,2-10,13,21H2,1H3,(H,23,25)(H2,22,24,26);1H. The van der Waals surface area contributed by atoms with Crippen LogP contribution in [0.15, 0.2) is 18.2 Å². The van der Waals surface area contributed by atoms with Gasteiger partial charge in [0.1, 0.15) is 5.75 Å². The summed E-state index contributed by atoms with van der Waals surface area (Å²) >= 11 is 0. The smallest absolute Gasteiger partial charge is 0.315 e. The van der Waals surface area contributed by atoms with Gasteiger partial charge in [0.2, 0.25) is 5.91 Å². The number of halogens is 1. The Balaban J connectivity index is 0.00000392. The van der Waals surface area contributed by atoms with E-state index in [4.69, 9.17) is 10.5 Å². The summed E-state index contributed by atoms with van der Waals surface area (Å²) in [4.78, 5) is 23.8. The van der Waals surface area contributed by atoms with Crippen molar-refractivity contribution >= 4 is 35.7 Å². The fourth-order valence-electron chi connectivity index (χ4n) is 3.31. The fourth-order valence-corrected chi connectivity index (χ4v) is 3.31. The second-order valence-corrected chi connectivity index (χ2v) is 7.05. The minimum atomic E-state index is -0.0725. The Morgan fingerprint density at radius 3 is 2.57 bits per heavy atom. The Morgan fingerprint density at radius 2 is 1.89 bits per heavy atom. The Hall–Kier alpha value is -2.15. The molecule has 1 aromatic carbocycles. The zero-order valence-electron chi connectivity index (χ0n) is 16.6. The third kappa shape index (κ3) is 8.69. The predicted octanol–water partition coefficient (Wildman–Crippen LogP) is 3.83. The van der Waals surface area contributed by atoms with Gasteiger partial charge in [-0.1, -0.05) is 25.7 Å². The summed E-state index contributed by atoms with van der Waals surface area (Å²) in [5.41, 5.74) is 6.99. The monoisotopic (exact) mass is 412 g/mol. The normalized spacial score (nSPS) is 13.9. The number of ether oxygens (including phenoxy) is 1. The average Bonchev–Trinajstić information content (AvgIpc) is 2.65. The highest BCUT2D eigenvalue weighted by Crippen LogP contribution is 2.24. The lowest BCUT2D eigenvalue weighted by Gasteiger charge is -2.22. The Morgan fingerprint density at radius 1 is 1.14 bits per heavy atom. The molecule has 1 aliphatic carbocycles. The van der Waals surface area contributed by atoms with Crippen molar-refractivity contribution in [2.24, 2.45) is 0 Å². The molecule has 28 heavy (non-hydrogen) atoms. The van der Waals surface area contributed by atoms with Gasteiger partial charge in [-0.15, -0.1) is 12.4 Å². The van der Waals surface area contributed by atoms with Gasteiger partial charge in [-0.25, -0.2) is 4.79 Å². The van der Waals surface area contributed by atoms with Crippen molar-refractivity contribution in [1.29, 1.82) is 0 Å². The van der Waals surface area contributed by atoms with E-state index in [0.29, 0.717) is 36.1 Å². The molecule has 0 saturated heterocycles. The molecule has 158 valence electrons. The molecule has 0 aromatic heterocycles. The molecule has 0 unspecified atom stereocenters. The van der Waals surface area contributed by atoms with Crippen LogP contribution in [0.1, 0.15) is 57.8 Å². The van der Waals surface area contributed by atoms with E-state index in [0.717, 1.165) is 32.1 Å². The summed E-state index contributed by atoms with van der Waals surface area (Å²) in [7, 11) is 1.55. The van der Waals surface area contributed by atoms with Crippen molar-refractivity contribution in [2.75, 3.05) is 24.7 Å². The minimum absolute atomic E-state index is 0. The minimum Gasteiger partial charge on any atom is -0.495 e. The molecule has 7 nitrogen and oxygen atoms in total. The van der Waals surface area contributed by atoms with Crippen LogP contribution >= 0.6 is 12.4 Å². The molecule has 0 atom stereocenters. The molecule has 0 aliphatic heterocycles. The topological polar surface area (TPSA) is 105 Å². The number of nitrogens with two attached hydrogens (primary N) is 1. The van der Waals surface area contributed by atoms with Crippen LogP contribution in [-0.2, 0) is 4.79 Å². The zero-order valence-corrected chi connectivity index (χ0v) is 17.4. The highest BCUT2D eigenvalue weighted by atomic mass is 35.5. The molecule has 0 spiro atoms. The molecule has 0 radical (unpaired) electrons. The summed E-state index contributed by atoms with van der Waals surface area (Å²) in [5, 5.41) is 8.77. The van der Waals surface area contributed by atoms with E-state index < -0.39 is 0 Å². The number of rotatable bonds is 9. The SMILES string of the molecule is COc1ccc(NC(=O)CCCCCNC(=O)NC2CCCCC2)cc1N.Cl. The number of anilines is 2. The van der Waals surface area contributed by atoms with E-state index in [1.165, 1.54) is 19.3 Å². The number of carbonyl (C=O) groups excluding carboxylic acids is 2. The van der Waals surface area contributed by atoms with Crippen LogP contribution < -0.4 is 26.4 Å². The summed E-state index contributed by atoms with van der Waals surface area (Å²) in [6.45, 7) is 0.634. The van der Waals surface area contributed by atoms with Gasteiger partial charge in [0.25, 0.3) is 0 Å². The number of hydrogen-bond donors (Lipinski definition) is 4. The van der Waals surface area contributed by atoms with Crippen molar-refractivity contribution in [3.63, 3.8) is 0 Å². The molecular formula is C20H33ClN4O3. The van der Waals surface area contributed by atoms with Crippen LogP contribution in [0.3, 0.4) is 0 Å². The van der Waals surface area contributed by atoms with Crippen LogP contribution in [-0.4, -0.2) is 31.6 Å². The molecule has 0 bridgehead atoms. The van der Waals surface area contributed by atoms with Gasteiger partial charge in [-0.3, -0.25) is 4.79 Å². The van der Waals surface area contributed by atoms with Gasteiger partial charge in [0.15, 0.2) is 0 Å². The molecule has 1 aliphatic rings. The number of urea groups is 1. The Labute approximate surface area is 173 Å². The van der Waals surface area contributed by atoms with Crippen molar-refractivity contribution < 1.29 is 14.3 Å². The molecule has 8 heteroatoms. The number of methoxy groups -OCH3 is 1. The third-order valence-electron chi connectivity index (χ3n) is 4.82. The zero-order chi connectivity index (χ0) is 19.5. The molecule has 3 amide bonds. The lowest BCUT2D eigenvalue weighted by Crippen LogP contribution is -2.43. The molecule has 1 saturated carbocycles. The second-order valence-electron chi connectivity index (χ2n) is 7.05. The highest BCUT2D eigenvalue weighted by Gasteiger charge is 2.15. The third-order valence-corrected chi connectivity index (χ3v) is 4.82. The van der Waals surface area contributed by atoms with E-state index in [2.05, 4.69) is 16.0 Å². The van der Waals surface area contributed by atoms with Crippen LogP contribution in [0.5, 0.6) is 5.75 Å². The largest absolute Gasteiger partial charge is 0.495 e. The highest BCUT2D eigenvalue weighted by molar-refractivity contribution is 5.91. The van der Waals surface area contributed by atoms with E-state index in [-0.39, 0.29) is 24.3 Å². The van der Waals surface area contributed by atoms with Crippen molar-refractivity contribution in [1.82, 2.24) is 10.6 Å². The summed E-state index contributed by atoms with van der Waals surface area (Å²) in [5.74, 6) is 0.551. The number of carbonyl (C=O) groups is 2. The van der Waals surface area contributed by atoms with E-state index in [9.17, 15) is 9.59 Å². The van der Waals surface area contributed by atoms with E-state index in [1.54, 1.807) is 25.3 Å². The number of hydrogen-bond acceptors (Lipinski definition) is 4. The first kappa shape index (κ1) is 23.9. The lowest BCUT2D eigenvalue weighted by atomic mass is 9.96. The van der Waals surface area contributed by atoms with E-state index in [1.807, 2.05) is 0 Å². The maximum absolute atomic E-state index is 12.0. The molecule has 0 heterocycles. The van der Waals surface area contributed by atoms with Gasteiger partial charge in [-0.2, -0.15) is 0 Å². The van der Waals surface area contributed by atoms with Crippen molar-refractivity contribution in [3.05, 3.63) is 18.2 Å². The van der Waals surface area contributed by atoms with E-state index >= 15 is 0 Å². The number of nitrogen functional groups attached to an aromatic ring is 1. The van der Waals surface area contributed by atoms with Crippen LogP contribution in [0.4, 0.5) is 16.2 Å². The van der Waals surface area contributed by atoms with Gasteiger partial charge in [0.05, 0.1) is 12.8 Å². The van der Waals surface area contributed by atoms with Gasteiger partial charge < -0.3 is 26.4 Å². The Kier molecular flexibility index (Phi) is 11.2. The van der Waals surface area contributed by atoms with Crippen molar-refractivity contribution in [3.8, 4) is 5.75 Å². The first-order valence-electron chi connectivity index (χ1n) is 9.86. The van der Waals surface area contributed by atoms with Crippen LogP contribution in [0.2, 0.25) is 0 Å². The number of unbranched alkanes of at least 4 members (excludes halogenated alkanes) is 2. The molecule has 1 fully saturated rings. The first-order chi connectivity index (χ1) is 13.1. The van der Waals surface area contributed by atoms with Gasteiger partial charge in [0, 0.05) is 24.7 Å². The fraction of sp³-hybridized carbons (Fsp3) is 0.600. The lowest BCUT2D eigenvalue weighted by molar-refractivity contribution is -0.116. The molecular weight excluding hydrogens is 380 g/mol. The number of benzene rings is 1. The predicted molar refractivity (Wildman–Crippen MR) is 115 cm³/mol. The molecule has 5 N–H and O–H groups in total. The summed E-state index contributed by atoms with van der Waals surface area (Å²) < 4.78 is 5.09. The first-order valence-corrected chi connectivity index (χ1v) is 9.86. The summed E-state index contributed by atoms with van der Waals surface area (Å²) in [6, 6.07) is 5.44. The average molecular weight is 413 g/mol. The number of nitrogens with one attached hydrogen (secondary N) is 3. The van der Waals surface area contributed by atoms with Gasteiger partial charge >= 0.3 is 6.03 Å². The van der Waals surface area contributed by atoms with Crippen LogP contribution in [0, 0.1) is 0 Å². The van der Waals surface area contributed by atoms with Gasteiger partial charge in [-0.05, 0) is 43.9 Å². The van der Waals surface area contributed by atoms with Crippen LogP contribution in [0.25, 0.3) is 0 Å². The van der Waals surface area contributed by atoms with Crippen molar-refractivity contribution in [2.45, 2.75) is 63.8 Å². The maximum atomic E-state index is 12.0. The quantitative estimate of drug-likeness (QED) is 0.365. The maximum Gasteiger partial charge on any atom is 0.315 e.